The van der Waals surface area contributed by atoms with Crippen LogP contribution < -0.4 is 0 Å². The van der Waals surface area contributed by atoms with E-state index in [1.165, 1.54) is 11.1 Å². The summed E-state index contributed by atoms with van der Waals surface area (Å²) in [5.74, 6) is -0.0280. The number of fused-ring (bicyclic) bond motifs is 5. The molecule has 5 heterocycles. The molecule has 9 rings (SSSR count). The van der Waals surface area contributed by atoms with Crippen molar-refractivity contribution in [2.45, 2.75) is 208 Å². The van der Waals surface area contributed by atoms with Gasteiger partial charge in [-0.05, 0) is 68.1 Å². The lowest BCUT2D eigenvalue weighted by Crippen LogP contribution is -2.63. The number of allylic oxidation sites excluding steroid dienone is 2. The molecule has 0 unspecified atom stereocenters. The van der Waals surface area contributed by atoms with Gasteiger partial charge >= 0.3 is 5.97 Å². The summed E-state index contributed by atoms with van der Waals surface area (Å²) < 4.78 is 53.3. The third kappa shape index (κ3) is 8.00. The Bertz CT molecular complexity index is 1940. The first kappa shape index (κ1) is 53.2. The van der Waals surface area contributed by atoms with Gasteiger partial charge in [-0.2, -0.15) is 0 Å². The Balaban J connectivity index is 0.878. The van der Waals surface area contributed by atoms with Gasteiger partial charge in [-0.15, -0.1) is 0 Å². The maximum atomic E-state index is 12.7. The van der Waals surface area contributed by atoms with Crippen LogP contribution in [0.2, 0.25) is 0 Å². The summed E-state index contributed by atoms with van der Waals surface area (Å²) in [6.45, 7) is 7.31. The molecular formula is C48H76O22. The molecule has 9 aliphatic rings. The molecule has 0 amide bonds. The predicted molar refractivity (Wildman–Crippen MR) is 234 cm³/mol. The van der Waals surface area contributed by atoms with Gasteiger partial charge in [0.2, 0.25) is 0 Å². The lowest BCUT2D eigenvalue weighted by Gasteiger charge is -2.63. The summed E-state index contributed by atoms with van der Waals surface area (Å²) in [5.41, 5.74) is -1.23. The number of aliphatic hydroxyl groups excluding tert-OH is 11. The van der Waals surface area contributed by atoms with Crippen molar-refractivity contribution in [3.05, 3.63) is 11.1 Å². The number of hydrogen-bond acceptors (Lipinski definition) is 22. The zero-order chi connectivity index (χ0) is 50.7. The molecule has 2 saturated carbocycles. The van der Waals surface area contributed by atoms with Crippen LogP contribution in [-0.4, -0.2) is 223 Å². The molecule has 7 fully saturated rings. The first-order valence-corrected chi connectivity index (χ1v) is 25.0. The number of aliphatic hydroxyl groups is 12. The standard InChI is InChI=1S/C48H76O22/c1-21-14-29(53)70-48(21)13-12-45(4)23-6-7-27-43(2,22(23)8-11-46(45,48)5)10-9-28(44(27,3)18-51)67-39-34(58)33(57)30(54)26(66-39)17-62-41-37(32(56)25(16-50)65-41)69-40-35(59)36(31(55)24(15-49)64-40)68-42-38(60)47(61,19-52)20-63-42/h21,24-28,30-42,49-52,54-61H,6-20H2,1-5H3/t21-,24-,25-,26-,27-,28+,30-,31-,32-,33+,34-,35-,36+,37+,38+,39+,40+,41-,42+,43-,44-,45+,46+,47-,48+/m1/s1. The topological polar surface area (TPSA) is 343 Å². The molecule has 5 saturated heterocycles. The van der Waals surface area contributed by atoms with Gasteiger partial charge in [0, 0.05) is 16.7 Å². The molecule has 400 valence electrons. The van der Waals surface area contributed by atoms with E-state index in [0.717, 1.165) is 38.5 Å². The molecule has 22 nitrogen and oxygen atoms in total. The molecule has 4 aliphatic carbocycles. The smallest absolute Gasteiger partial charge is 0.306 e. The minimum absolute atomic E-state index is 0.0369. The summed E-state index contributed by atoms with van der Waals surface area (Å²) >= 11 is 0. The van der Waals surface area contributed by atoms with Crippen LogP contribution in [0.1, 0.15) is 92.4 Å². The van der Waals surface area contributed by atoms with Gasteiger partial charge in [0.25, 0.3) is 0 Å². The van der Waals surface area contributed by atoms with Crippen LogP contribution in [0.4, 0.5) is 0 Å². The Morgan fingerprint density at radius 3 is 1.91 bits per heavy atom. The van der Waals surface area contributed by atoms with E-state index in [1.54, 1.807) is 0 Å². The molecule has 0 aromatic heterocycles. The van der Waals surface area contributed by atoms with Crippen molar-refractivity contribution in [2.24, 2.45) is 33.5 Å². The third-order valence-corrected chi connectivity index (χ3v) is 19.4. The number of carbonyl (C=O) groups is 1. The second kappa shape index (κ2) is 19.2. The Labute approximate surface area is 406 Å². The number of rotatable bonds is 13. The van der Waals surface area contributed by atoms with Crippen LogP contribution in [-0.2, 0) is 47.4 Å². The van der Waals surface area contributed by atoms with Gasteiger partial charge in [0.1, 0.15) is 84.4 Å². The number of ether oxygens (including phenoxy) is 9. The highest BCUT2D eigenvalue weighted by atomic mass is 16.8. The molecule has 0 bridgehead atoms. The van der Waals surface area contributed by atoms with E-state index in [2.05, 4.69) is 27.7 Å². The van der Waals surface area contributed by atoms with E-state index in [1.807, 2.05) is 6.92 Å². The maximum Gasteiger partial charge on any atom is 0.306 e. The largest absolute Gasteiger partial charge is 0.458 e. The second-order valence-electron chi connectivity index (χ2n) is 22.8. The van der Waals surface area contributed by atoms with Crippen molar-refractivity contribution in [2.75, 3.05) is 39.6 Å². The first-order valence-electron chi connectivity index (χ1n) is 25.0. The lowest BCUT2D eigenvalue weighted by atomic mass is 9.42. The molecule has 0 aromatic rings. The summed E-state index contributed by atoms with van der Waals surface area (Å²) in [7, 11) is 0. The first-order chi connectivity index (χ1) is 33.0. The summed E-state index contributed by atoms with van der Waals surface area (Å²) in [4.78, 5) is 12.7. The van der Waals surface area contributed by atoms with Gasteiger partial charge in [-0.25, -0.2) is 0 Å². The highest BCUT2D eigenvalue weighted by Gasteiger charge is 2.72. The molecule has 5 aliphatic heterocycles. The van der Waals surface area contributed by atoms with Crippen LogP contribution in [0.3, 0.4) is 0 Å². The summed E-state index contributed by atoms with van der Waals surface area (Å²) in [6, 6.07) is 0. The molecule has 70 heavy (non-hydrogen) atoms. The van der Waals surface area contributed by atoms with Gasteiger partial charge in [-0.1, -0.05) is 45.8 Å². The average Bonchev–Trinajstić information content (AvgIpc) is 4.00. The zero-order valence-electron chi connectivity index (χ0n) is 40.5. The lowest BCUT2D eigenvalue weighted by molar-refractivity contribution is -0.351. The molecule has 1 spiro atoms. The zero-order valence-corrected chi connectivity index (χ0v) is 40.5. The van der Waals surface area contributed by atoms with E-state index in [0.29, 0.717) is 19.3 Å². The van der Waals surface area contributed by atoms with Gasteiger partial charge in [0.15, 0.2) is 25.2 Å². The normalized spacial score (nSPS) is 54.6. The van der Waals surface area contributed by atoms with Gasteiger partial charge in [0.05, 0.1) is 52.2 Å². The van der Waals surface area contributed by atoms with Crippen LogP contribution in [0.15, 0.2) is 11.1 Å². The molecular weight excluding hydrogens is 929 g/mol. The van der Waals surface area contributed by atoms with E-state index in [4.69, 9.17) is 42.6 Å². The summed E-state index contributed by atoms with van der Waals surface area (Å²) in [6.07, 6.45) is -20.3. The highest BCUT2D eigenvalue weighted by Crippen LogP contribution is 2.75. The van der Waals surface area contributed by atoms with Gasteiger partial charge in [-0.3, -0.25) is 4.79 Å². The van der Waals surface area contributed by atoms with Gasteiger partial charge < -0.3 is 104 Å². The molecule has 25 atom stereocenters. The van der Waals surface area contributed by atoms with Crippen molar-refractivity contribution >= 4 is 5.97 Å². The SMILES string of the molecule is C[C@@H]1CC(=O)O[C@@]12CC[C@@]1(C)C3=C(CC[C@@]12C)[C@@]1(C)CC[C@H](O[C@@H]2O[C@H](CO[C@@H]4O[C@H](CO)[C@@H](O)[C@@H]4O[C@@H]4O[C@H](CO)[C@@H](O)[C@H](O[C@@H]5OC[C@](O)(CO)[C@H]5O)[C@H]4O)[C@@H](O)[C@H](O)[C@H]2O)[C@](C)(CO)[C@@H]1CC3. The Kier molecular flexibility index (Phi) is 14.6. The quantitative estimate of drug-likeness (QED) is 0.0662. The fraction of sp³-hybridized carbons (Fsp3) is 0.938. The molecule has 22 heteroatoms. The number of hydrogen-bond donors (Lipinski definition) is 12. The van der Waals surface area contributed by atoms with Crippen LogP contribution in [0.5, 0.6) is 0 Å². The molecule has 0 radical (unpaired) electrons. The van der Waals surface area contributed by atoms with Crippen LogP contribution in [0.25, 0.3) is 0 Å². The maximum absolute atomic E-state index is 12.7. The van der Waals surface area contributed by atoms with Crippen molar-refractivity contribution in [3.63, 3.8) is 0 Å². The number of carbonyl (C=O) groups excluding carboxylic acids is 1. The second-order valence-corrected chi connectivity index (χ2v) is 22.8. The fourth-order valence-corrected chi connectivity index (χ4v) is 14.9. The highest BCUT2D eigenvalue weighted by molar-refractivity contribution is 5.73. The van der Waals surface area contributed by atoms with E-state index in [9.17, 15) is 66.1 Å². The van der Waals surface area contributed by atoms with E-state index < -0.39 is 154 Å². The average molecular weight is 1010 g/mol. The van der Waals surface area contributed by atoms with Crippen molar-refractivity contribution < 1.29 is 109 Å². The summed E-state index contributed by atoms with van der Waals surface area (Å²) in [5, 5.41) is 129. The van der Waals surface area contributed by atoms with Crippen molar-refractivity contribution in [3.8, 4) is 0 Å². The Morgan fingerprint density at radius 2 is 1.29 bits per heavy atom. The Morgan fingerprint density at radius 1 is 0.643 bits per heavy atom. The van der Waals surface area contributed by atoms with Crippen molar-refractivity contribution in [1.82, 2.24) is 0 Å². The van der Waals surface area contributed by atoms with Crippen LogP contribution >= 0.6 is 0 Å². The van der Waals surface area contributed by atoms with Crippen LogP contribution in [0, 0.1) is 33.5 Å². The molecule has 12 N–H and O–H groups in total. The predicted octanol–water partition coefficient (Wildman–Crippen LogP) is -2.65. The minimum atomic E-state index is -2.11. The monoisotopic (exact) mass is 1000 g/mol. The Hall–Kier alpha value is -1.59. The molecule has 0 aromatic carbocycles. The minimum Gasteiger partial charge on any atom is -0.458 e. The van der Waals surface area contributed by atoms with E-state index >= 15 is 0 Å². The third-order valence-electron chi connectivity index (χ3n) is 19.4. The number of esters is 1. The fourth-order valence-electron chi connectivity index (χ4n) is 14.9. The van der Waals surface area contributed by atoms with Crippen molar-refractivity contribution in [1.29, 1.82) is 0 Å². The van der Waals surface area contributed by atoms with E-state index in [-0.39, 0.29) is 40.7 Å².